The van der Waals surface area contributed by atoms with Gasteiger partial charge in [-0.2, -0.15) is 0 Å². The number of rotatable bonds is 5. The summed E-state index contributed by atoms with van der Waals surface area (Å²) >= 11 is 0. The molecule has 4 nitrogen and oxygen atoms in total. The summed E-state index contributed by atoms with van der Waals surface area (Å²) in [6.45, 7) is 4.67. The quantitative estimate of drug-likeness (QED) is 0.845. The van der Waals surface area contributed by atoms with Crippen LogP contribution in [0.25, 0.3) is 0 Å². The van der Waals surface area contributed by atoms with Crippen LogP contribution in [0.2, 0.25) is 0 Å². The number of carbonyl (C=O) groups is 2. The Kier molecular flexibility index (Phi) is 4.58. The van der Waals surface area contributed by atoms with E-state index in [1.54, 1.807) is 23.1 Å². The lowest BCUT2D eigenvalue weighted by atomic mass is 10.1. The minimum Gasteiger partial charge on any atom is -0.366 e. The van der Waals surface area contributed by atoms with Gasteiger partial charge in [0.15, 0.2) is 0 Å². The second-order valence-corrected chi connectivity index (χ2v) is 5.15. The summed E-state index contributed by atoms with van der Waals surface area (Å²) in [4.78, 5) is 25.0. The number of primary amides is 1. The maximum atomic E-state index is 12.1. The Labute approximate surface area is 124 Å². The number of hydrogen-bond acceptors (Lipinski definition) is 2. The lowest BCUT2D eigenvalue weighted by Gasteiger charge is -2.15. The van der Waals surface area contributed by atoms with Crippen LogP contribution in [-0.4, -0.2) is 18.4 Å². The van der Waals surface area contributed by atoms with E-state index in [2.05, 4.69) is 13.0 Å². The molecule has 0 atom stereocenters. The molecule has 1 aliphatic heterocycles. The van der Waals surface area contributed by atoms with Crippen molar-refractivity contribution in [3.8, 4) is 0 Å². The number of allylic oxidation sites excluding steroid dienone is 3. The molecule has 0 fully saturated rings. The zero-order valence-electron chi connectivity index (χ0n) is 12.4. The molecule has 0 unspecified atom stereocenters. The fourth-order valence-corrected chi connectivity index (χ4v) is 2.47. The zero-order valence-corrected chi connectivity index (χ0v) is 12.4. The summed E-state index contributed by atoms with van der Waals surface area (Å²) in [7, 11) is 0. The van der Waals surface area contributed by atoms with E-state index >= 15 is 0 Å². The summed E-state index contributed by atoms with van der Waals surface area (Å²) in [6, 6.07) is 5.17. The minimum atomic E-state index is -0.469. The minimum absolute atomic E-state index is 0.0494. The number of fused-ring (bicyclic) bond motifs is 1. The van der Waals surface area contributed by atoms with Crippen LogP contribution in [0, 0.1) is 0 Å². The van der Waals surface area contributed by atoms with Crippen LogP contribution in [0.15, 0.2) is 42.0 Å². The first-order chi connectivity index (χ1) is 10.0. The molecule has 0 radical (unpaired) electrons. The Morgan fingerprint density at radius 3 is 2.86 bits per heavy atom. The molecule has 2 amide bonds. The standard InChI is InChI=1S/C17H20N2O2/c1-3-5-12(2)6-4-9-19-15-8-7-13(17(18)21)10-14(15)11-16(19)20/h4-8,10H,3,9,11H2,1-2H3,(H2,18,21). The first-order valence-electron chi connectivity index (χ1n) is 7.09. The van der Waals surface area contributed by atoms with E-state index < -0.39 is 5.91 Å². The number of nitrogens with two attached hydrogens (primary N) is 1. The molecule has 0 bridgehead atoms. The molecular formula is C17H20N2O2. The molecule has 2 rings (SSSR count). The number of benzene rings is 1. The van der Waals surface area contributed by atoms with Gasteiger partial charge in [-0.1, -0.05) is 30.7 Å². The highest BCUT2D eigenvalue weighted by Gasteiger charge is 2.26. The fourth-order valence-electron chi connectivity index (χ4n) is 2.47. The Hall–Kier alpha value is -2.36. The van der Waals surface area contributed by atoms with E-state index in [9.17, 15) is 9.59 Å². The summed E-state index contributed by atoms with van der Waals surface area (Å²) in [5, 5.41) is 0. The van der Waals surface area contributed by atoms with Crippen LogP contribution >= 0.6 is 0 Å². The van der Waals surface area contributed by atoms with Crippen molar-refractivity contribution in [2.45, 2.75) is 26.7 Å². The van der Waals surface area contributed by atoms with Gasteiger partial charge in [0.05, 0.1) is 6.42 Å². The van der Waals surface area contributed by atoms with Crippen molar-refractivity contribution in [1.82, 2.24) is 0 Å². The second-order valence-electron chi connectivity index (χ2n) is 5.15. The van der Waals surface area contributed by atoms with Crippen LogP contribution in [0.3, 0.4) is 0 Å². The van der Waals surface area contributed by atoms with Crippen molar-refractivity contribution in [3.05, 3.63) is 53.1 Å². The molecule has 0 aromatic heterocycles. The van der Waals surface area contributed by atoms with Crippen molar-refractivity contribution in [2.24, 2.45) is 5.73 Å². The Morgan fingerprint density at radius 1 is 1.43 bits per heavy atom. The molecule has 2 N–H and O–H groups in total. The van der Waals surface area contributed by atoms with Gasteiger partial charge in [0.25, 0.3) is 0 Å². The van der Waals surface area contributed by atoms with E-state index in [-0.39, 0.29) is 5.91 Å². The van der Waals surface area contributed by atoms with Gasteiger partial charge in [0.2, 0.25) is 11.8 Å². The van der Waals surface area contributed by atoms with Gasteiger partial charge in [0.1, 0.15) is 0 Å². The lowest BCUT2D eigenvalue weighted by Crippen LogP contribution is -2.26. The molecule has 0 spiro atoms. The summed E-state index contributed by atoms with van der Waals surface area (Å²) < 4.78 is 0. The van der Waals surface area contributed by atoms with Crippen molar-refractivity contribution in [1.29, 1.82) is 0 Å². The van der Waals surface area contributed by atoms with Gasteiger partial charge < -0.3 is 10.6 Å². The summed E-state index contributed by atoms with van der Waals surface area (Å²) in [6.07, 6.45) is 7.46. The van der Waals surface area contributed by atoms with E-state index in [0.29, 0.717) is 18.5 Å². The molecule has 0 saturated carbocycles. The van der Waals surface area contributed by atoms with E-state index in [0.717, 1.165) is 17.7 Å². The first kappa shape index (κ1) is 15.0. The van der Waals surface area contributed by atoms with Gasteiger partial charge >= 0.3 is 0 Å². The lowest BCUT2D eigenvalue weighted by molar-refractivity contribution is -0.117. The van der Waals surface area contributed by atoms with Crippen LogP contribution in [0.4, 0.5) is 5.69 Å². The molecular weight excluding hydrogens is 264 g/mol. The average Bonchev–Trinajstić information content (AvgIpc) is 2.74. The number of nitrogens with zero attached hydrogens (tertiary/aromatic N) is 1. The smallest absolute Gasteiger partial charge is 0.248 e. The highest BCUT2D eigenvalue weighted by molar-refractivity contribution is 6.03. The summed E-state index contributed by atoms with van der Waals surface area (Å²) in [5.74, 6) is -0.419. The fraction of sp³-hybridized carbons (Fsp3) is 0.294. The maximum absolute atomic E-state index is 12.1. The third-order valence-corrected chi connectivity index (χ3v) is 3.49. The molecule has 21 heavy (non-hydrogen) atoms. The van der Waals surface area contributed by atoms with Crippen LogP contribution in [0.1, 0.15) is 36.2 Å². The monoisotopic (exact) mass is 284 g/mol. The molecule has 1 aliphatic rings. The molecule has 110 valence electrons. The molecule has 1 aromatic rings. The number of amides is 2. The number of hydrogen-bond donors (Lipinski definition) is 1. The highest BCUT2D eigenvalue weighted by Crippen LogP contribution is 2.29. The van der Waals surface area contributed by atoms with Gasteiger partial charge in [-0.25, -0.2) is 0 Å². The van der Waals surface area contributed by atoms with Crippen molar-refractivity contribution in [3.63, 3.8) is 0 Å². The normalized spacial score (nSPS) is 14.9. The predicted octanol–water partition coefficient (Wildman–Crippen LogP) is 2.59. The maximum Gasteiger partial charge on any atom is 0.248 e. The highest BCUT2D eigenvalue weighted by atomic mass is 16.2. The van der Waals surface area contributed by atoms with Gasteiger partial charge in [-0.05, 0) is 37.1 Å². The van der Waals surface area contributed by atoms with Crippen LogP contribution in [-0.2, 0) is 11.2 Å². The van der Waals surface area contributed by atoms with Gasteiger partial charge in [-0.15, -0.1) is 0 Å². The Morgan fingerprint density at radius 2 is 2.19 bits per heavy atom. The molecule has 1 aromatic carbocycles. The SMILES string of the molecule is CCC=C(C)C=CCN1C(=O)Cc2cc(C(N)=O)ccc21. The average molecular weight is 284 g/mol. The molecule has 0 aliphatic carbocycles. The topological polar surface area (TPSA) is 63.4 Å². The number of carbonyl (C=O) groups excluding carboxylic acids is 2. The molecule has 4 heteroatoms. The van der Waals surface area contributed by atoms with Crippen LogP contribution in [0.5, 0.6) is 0 Å². The van der Waals surface area contributed by atoms with E-state index in [4.69, 9.17) is 5.73 Å². The third kappa shape index (κ3) is 3.40. The molecule has 1 heterocycles. The first-order valence-corrected chi connectivity index (χ1v) is 7.09. The van der Waals surface area contributed by atoms with Crippen molar-refractivity contribution >= 4 is 17.5 Å². The largest absolute Gasteiger partial charge is 0.366 e. The molecule has 0 saturated heterocycles. The van der Waals surface area contributed by atoms with E-state index in [1.807, 2.05) is 19.1 Å². The van der Waals surface area contributed by atoms with E-state index in [1.165, 1.54) is 5.57 Å². The van der Waals surface area contributed by atoms with Crippen molar-refractivity contribution in [2.75, 3.05) is 11.4 Å². The predicted molar refractivity (Wildman–Crippen MR) is 84.2 cm³/mol. The van der Waals surface area contributed by atoms with Crippen molar-refractivity contribution < 1.29 is 9.59 Å². The summed E-state index contributed by atoms with van der Waals surface area (Å²) in [5.41, 5.74) is 8.63. The van der Waals surface area contributed by atoms with Gasteiger partial charge in [0, 0.05) is 17.8 Å². The third-order valence-electron chi connectivity index (χ3n) is 3.49. The Balaban J connectivity index is 2.15. The second kappa shape index (κ2) is 6.39. The zero-order chi connectivity index (χ0) is 15.4. The Bertz CT molecular complexity index is 630. The van der Waals surface area contributed by atoms with Crippen LogP contribution < -0.4 is 10.6 Å². The van der Waals surface area contributed by atoms with Gasteiger partial charge in [-0.3, -0.25) is 9.59 Å². The number of anilines is 1.